The van der Waals surface area contributed by atoms with E-state index < -0.39 is 141 Å². The molecule has 0 radical (unpaired) electrons. The van der Waals surface area contributed by atoms with Gasteiger partial charge in [0.1, 0.15) is 74.3 Å². The second-order valence-electron chi connectivity index (χ2n) is 23.2. The third kappa shape index (κ3) is 12.2. The maximum atomic E-state index is 16.0. The van der Waals surface area contributed by atoms with Crippen molar-refractivity contribution < 1.29 is 76.4 Å². The Morgan fingerprint density at radius 3 is 0.912 bits per heavy atom. The highest BCUT2D eigenvalue weighted by molar-refractivity contribution is 7.19. The number of nitrogens with zero attached hydrogens (tertiary/aromatic N) is 8. The van der Waals surface area contributed by atoms with Gasteiger partial charge in [-0.3, -0.25) is 38.4 Å². The molecule has 102 heavy (non-hydrogen) atoms. The predicted molar refractivity (Wildman–Crippen MR) is 363 cm³/mol. The lowest BCUT2D eigenvalue weighted by molar-refractivity contribution is -0.166. The van der Waals surface area contributed by atoms with Crippen LogP contribution in [0.25, 0.3) is 20.9 Å². The Labute approximate surface area is 587 Å². The van der Waals surface area contributed by atoms with Crippen LogP contribution in [0.4, 0.5) is 19.9 Å². The van der Waals surface area contributed by atoms with Gasteiger partial charge < -0.3 is 28.4 Å². The molecule has 0 saturated carbocycles. The van der Waals surface area contributed by atoms with Gasteiger partial charge in [-0.1, -0.05) is 205 Å². The van der Waals surface area contributed by atoms with Crippen molar-refractivity contribution >= 4 is 104 Å². The third-order valence-electron chi connectivity index (χ3n) is 17.0. The van der Waals surface area contributed by atoms with Crippen LogP contribution >= 0.6 is 22.7 Å². The molecule has 24 nitrogen and oxygen atoms in total. The number of aromatic nitrogens is 2. The number of imide groups is 6. The number of nitriles is 2. The molecule has 2 aliphatic heterocycles. The van der Waals surface area contributed by atoms with Gasteiger partial charge in [0.2, 0.25) is 21.1 Å². The number of benzene rings is 7. The van der Waals surface area contributed by atoms with Crippen molar-refractivity contribution in [3.8, 4) is 33.0 Å². The van der Waals surface area contributed by atoms with Crippen molar-refractivity contribution in [2.75, 3.05) is 0 Å². The standard InChI is InChI=1S/C76H50N8O16S2/c1-43-53(35-77)63(85)83(73(93)99-41-49-29-17-7-18-30-49)65(87)57(43)79-71-81-61-59(101-71)51-33-56-52(34-55(51)75(61,67(89)95-37-45-21-9-3-10-22-45)68(90)96-38-46-23-11-4-12-24-46)60-62(76(56,69(91)97-39-47-25-13-5-14-26-47)70(92)98-40-48-27-15-6-16-28-48)82-72(102-60)80-58-44(2)54(36-78)64(86)84(66(58)88)74(94)100-42-50-31-19-8-20-32-50/h3-34H,37-42H2,1-2H3. The normalized spacial score (nSPS) is 15.4. The number of hydrogen-bond acceptors (Lipinski definition) is 24. The van der Waals surface area contributed by atoms with Crippen LogP contribution < -0.4 is 0 Å². The molecule has 0 spiro atoms. The van der Waals surface area contributed by atoms with E-state index in [-0.39, 0.29) is 66.2 Å². The predicted octanol–water partition coefficient (Wildman–Crippen LogP) is 11.3. The first-order valence-corrected chi connectivity index (χ1v) is 32.8. The Morgan fingerprint density at radius 1 is 0.402 bits per heavy atom. The van der Waals surface area contributed by atoms with Crippen LogP contribution in [0.3, 0.4) is 0 Å². The molecule has 2 aromatic heterocycles. The Hall–Kier alpha value is -13.3. The van der Waals surface area contributed by atoms with E-state index >= 15 is 19.2 Å². The molecule has 4 heterocycles. The smallest absolute Gasteiger partial charge is 0.424 e. The van der Waals surface area contributed by atoms with Crippen molar-refractivity contribution in [1.29, 1.82) is 10.5 Å². The Balaban J connectivity index is 1.03. The van der Waals surface area contributed by atoms with Gasteiger partial charge in [-0.2, -0.15) is 20.3 Å². The van der Waals surface area contributed by atoms with E-state index in [2.05, 4.69) is 9.98 Å². The molecular formula is C76H50N8O16S2. The third-order valence-corrected chi connectivity index (χ3v) is 19.0. The van der Waals surface area contributed by atoms with E-state index in [1.54, 1.807) is 194 Å². The molecule has 0 fully saturated rings. The van der Waals surface area contributed by atoms with Gasteiger partial charge in [-0.25, -0.2) is 29.5 Å². The number of carbonyl (C=O) groups excluding carboxylic acids is 10. The van der Waals surface area contributed by atoms with Gasteiger partial charge in [0.05, 0.1) is 21.1 Å². The van der Waals surface area contributed by atoms with E-state index in [0.29, 0.717) is 56.1 Å². The summed E-state index contributed by atoms with van der Waals surface area (Å²) < 4.78 is 35.5. The van der Waals surface area contributed by atoms with Crippen LogP contribution in [0, 0.1) is 22.7 Å². The summed E-state index contributed by atoms with van der Waals surface area (Å²) in [5, 5.41) is 20.0. The highest BCUT2D eigenvalue weighted by Crippen LogP contribution is 2.61. The first-order chi connectivity index (χ1) is 49.5. The van der Waals surface area contributed by atoms with Gasteiger partial charge >= 0.3 is 36.1 Å². The number of ether oxygens (including phenoxy) is 6. The van der Waals surface area contributed by atoms with Crippen LogP contribution in [-0.4, -0.2) is 90.9 Å². The number of fused-ring (bicyclic) bond motifs is 6. The van der Waals surface area contributed by atoms with Crippen LogP contribution in [0.2, 0.25) is 0 Å². The van der Waals surface area contributed by atoms with E-state index in [1.807, 2.05) is 0 Å². The molecule has 0 bridgehead atoms. The maximum Gasteiger partial charge on any atom is 0.424 e. The van der Waals surface area contributed by atoms with Gasteiger partial charge in [-0.05, 0) is 81.6 Å². The Bertz CT molecular complexity index is 4780. The number of hydrogen-bond donors (Lipinski definition) is 0. The van der Waals surface area contributed by atoms with E-state index in [4.69, 9.17) is 38.4 Å². The fourth-order valence-electron chi connectivity index (χ4n) is 11.9. The molecule has 0 atom stereocenters. The topological polar surface area (TPSA) is 331 Å². The number of esters is 4. The van der Waals surface area contributed by atoms with Crippen LogP contribution in [0.5, 0.6) is 0 Å². The number of amides is 6. The minimum Gasteiger partial charge on any atom is -0.459 e. The van der Waals surface area contributed by atoms with Crippen LogP contribution in [0.15, 0.2) is 226 Å². The highest BCUT2D eigenvalue weighted by Gasteiger charge is 2.65. The SMILES string of the molecule is CC1=C(C#N)C(=O)N(C(=O)OCc2ccccc2)C(=O)C1=Nc1nc2c(s1)-c1cc3c(cc1C2(C(=O)OCc1ccccc1)C(=O)OCc1ccccc1)-c1sc(N=C2C(=O)N(C(=O)OCc4ccccc4)C(=O)C(C#N)=C2C)nc1C3(C(=O)OCc1ccccc1)C(=O)OCc1ccccc1. The molecule has 7 aromatic carbocycles. The molecule has 6 amide bonds. The van der Waals surface area contributed by atoms with Crippen LogP contribution in [-0.2, 0) is 117 Å². The summed E-state index contributed by atoms with van der Waals surface area (Å²) in [5.74, 6) is -10.4. The first kappa shape index (κ1) is 67.3. The number of thiazole rings is 2. The number of carbonyl (C=O) groups is 10. The van der Waals surface area contributed by atoms with Crippen molar-refractivity contribution in [2.24, 2.45) is 9.98 Å². The summed E-state index contributed by atoms with van der Waals surface area (Å²) in [5.41, 5.74) is -7.30. The largest absolute Gasteiger partial charge is 0.459 e. The molecule has 2 aliphatic carbocycles. The zero-order chi connectivity index (χ0) is 71.4. The van der Waals surface area contributed by atoms with E-state index in [0.717, 1.165) is 0 Å². The number of rotatable bonds is 18. The van der Waals surface area contributed by atoms with Gasteiger partial charge in [0.15, 0.2) is 0 Å². The van der Waals surface area contributed by atoms with Gasteiger partial charge in [-0.15, -0.1) is 0 Å². The van der Waals surface area contributed by atoms with Crippen molar-refractivity contribution in [2.45, 2.75) is 64.3 Å². The lowest BCUT2D eigenvalue weighted by atomic mass is 9.76. The number of aliphatic imine (C=N–C) groups is 2. The summed E-state index contributed by atoms with van der Waals surface area (Å²) in [6, 6.07) is 56.7. The fourth-order valence-corrected chi connectivity index (χ4v) is 13.9. The summed E-state index contributed by atoms with van der Waals surface area (Å²) in [6.45, 7) is -0.0335. The molecule has 502 valence electrons. The second kappa shape index (κ2) is 28.3. The molecule has 4 aliphatic rings. The minimum atomic E-state index is -2.82. The summed E-state index contributed by atoms with van der Waals surface area (Å²) >= 11 is 1.34. The van der Waals surface area contributed by atoms with Crippen molar-refractivity contribution in [1.82, 2.24) is 19.8 Å². The van der Waals surface area contributed by atoms with E-state index in [9.17, 15) is 39.3 Å². The maximum absolute atomic E-state index is 16.0. The molecule has 26 heteroatoms. The lowest BCUT2D eigenvalue weighted by Gasteiger charge is -2.28. The van der Waals surface area contributed by atoms with E-state index in [1.165, 1.54) is 26.0 Å². The fraction of sp³-hybridized carbons (Fsp3) is 0.132. The van der Waals surface area contributed by atoms with Crippen molar-refractivity contribution in [3.63, 3.8) is 0 Å². The van der Waals surface area contributed by atoms with Gasteiger partial charge in [0, 0.05) is 11.1 Å². The average molecular weight is 1400 g/mol. The molecule has 9 aromatic rings. The zero-order valence-corrected chi connectivity index (χ0v) is 55.3. The molecular weight excluding hydrogens is 1350 g/mol. The molecule has 0 saturated heterocycles. The second-order valence-corrected chi connectivity index (χ2v) is 25.1. The molecule has 0 N–H and O–H groups in total. The average Bonchev–Trinajstić information content (AvgIpc) is 1.51. The molecule has 13 rings (SSSR count). The minimum absolute atomic E-state index is 0.0617. The quantitative estimate of drug-likeness (QED) is 0.0333. The monoisotopic (exact) mass is 1390 g/mol. The summed E-state index contributed by atoms with van der Waals surface area (Å²) in [6.07, 6.45) is -2.88. The first-order valence-electron chi connectivity index (χ1n) is 31.1. The zero-order valence-electron chi connectivity index (χ0n) is 53.6. The molecule has 0 unspecified atom stereocenters. The lowest BCUT2D eigenvalue weighted by Crippen LogP contribution is -2.50. The van der Waals surface area contributed by atoms with Crippen molar-refractivity contribution in [3.05, 3.63) is 272 Å². The van der Waals surface area contributed by atoms with Crippen LogP contribution in [0.1, 0.15) is 69.7 Å². The highest BCUT2D eigenvalue weighted by atomic mass is 32.1. The Morgan fingerprint density at radius 2 is 0.657 bits per heavy atom. The summed E-state index contributed by atoms with van der Waals surface area (Å²) in [7, 11) is 0. The Kier molecular flexibility index (Phi) is 18.6. The summed E-state index contributed by atoms with van der Waals surface area (Å²) in [4.78, 5) is 168. The van der Waals surface area contributed by atoms with Gasteiger partial charge in [0.25, 0.3) is 23.6 Å².